The second kappa shape index (κ2) is 6.82. The number of aromatic carboxylic acids is 1. The molecule has 0 aliphatic carbocycles. The van der Waals surface area contributed by atoms with Gasteiger partial charge in [-0.05, 0) is 44.0 Å². The SMILES string of the molecule is Cc1ccc(N(C)C2CCN(c3cccc(C(=O)O)n3)CC2)nn1. The van der Waals surface area contributed by atoms with Crippen LogP contribution in [0.25, 0.3) is 0 Å². The average Bonchev–Trinajstić information content (AvgIpc) is 2.62. The molecule has 0 aromatic carbocycles. The van der Waals surface area contributed by atoms with E-state index in [4.69, 9.17) is 5.11 Å². The molecule has 2 aromatic rings. The Labute approximate surface area is 141 Å². The first-order valence-corrected chi connectivity index (χ1v) is 8.03. The Bertz CT molecular complexity index is 711. The molecule has 0 unspecified atom stereocenters. The highest BCUT2D eigenvalue weighted by atomic mass is 16.4. The number of anilines is 2. The van der Waals surface area contributed by atoms with Crippen LogP contribution < -0.4 is 9.80 Å². The zero-order valence-corrected chi connectivity index (χ0v) is 13.9. The molecule has 3 rings (SSSR count). The summed E-state index contributed by atoms with van der Waals surface area (Å²) in [4.78, 5) is 19.6. The van der Waals surface area contributed by atoms with Gasteiger partial charge in [-0.25, -0.2) is 9.78 Å². The summed E-state index contributed by atoms with van der Waals surface area (Å²) in [6.45, 7) is 3.60. The van der Waals surface area contributed by atoms with Crippen molar-refractivity contribution in [2.24, 2.45) is 0 Å². The van der Waals surface area contributed by atoms with Crippen LogP contribution in [-0.2, 0) is 0 Å². The molecule has 2 aromatic heterocycles. The fourth-order valence-corrected chi connectivity index (χ4v) is 2.97. The molecule has 0 atom stereocenters. The molecule has 1 fully saturated rings. The van der Waals surface area contributed by atoms with Crippen LogP contribution in [0.5, 0.6) is 0 Å². The van der Waals surface area contributed by atoms with Crippen molar-refractivity contribution < 1.29 is 9.90 Å². The van der Waals surface area contributed by atoms with Gasteiger partial charge in [-0.1, -0.05) is 6.07 Å². The van der Waals surface area contributed by atoms with Gasteiger partial charge in [0.2, 0.25) is 0 Å². The molecule has 0 bridgehead atoms. The van der Waals surface area contributed by atoms with Crippen molar-refractivity contribution in [3.05, 3.63) is 41.7 Å². The van der Waals surface area contributed by atoms with Crippen LogP contribution in [-0.4, -0.2) is 52.4 Å². The van der Waals surface area contributed by atoms with Crippen LogP contribution in [0.4, 0.5) is 11.6 Å². The predicted octanol–water partition coefficient (Wildman–Crippen LogP) is 1.98. The maximum Gasteiger partial charge on any atom is 0.354 e. The van der Waals surface area contributed by atoms with E-state index in [9.17, 15) is 4.79 Å². The topological polar surface area (TPSA) is 82.5 Å². The van der Waals surface area contributed by atoms with Gasteiger partial charge < -0.3 is 14.9 Å². The third kappa shape index (κ3) is 3.45. The van der Waals surface area contributed by atoms with E-state index in [2.05, 4.69) is 25.0 Å². The molecule has 7 heteroatoms. The Morgan fingerprint density at radius 3 is 2.58 bits per heavy atom. The van der Waals surface area contributed by atoms with Gasteiger partial charge in [0.05, 0.1) is 5.69 Å². The molecule has 0 amide bonds. The van der Waals surface area contributed by atoms with E-state index in [1.807, 2.05) is 32.2 Å². The molecular formula is C17H21N5O2. The Morgan fingerprint density at radius 1 is 1.21 bits per heavy atom. The fourth-order valence-electron chi connectivity index (χ4n) is 2.97. The number of carboxylic acids is 1. The van der Waals surface area contributed by atoms with Gasteiger partial charge in [-0.2, -0.15) is 5.10 Å². The number of aryl methyl sites for hydroxylation is 1. The minimum Gasteiger partial charge on any atom is -0.477 e. The minimum atomic E-state index is -0.996. The van der Waals surface area contributed by atoms with Crippen LogP contribution >= 0.6 is 0 Å². The first kappa shape index (κ1) is 16.2. The Hall–Kier alpha value is -2.70. The van der Waals surface area contributed by atoms with Gasteiger partial charge in [-0.15, -0.1) is 5.10 Å². The molecular weight excluding hydrogens is 306 g/mol. The Balaban J connectivity index is 1.64. The van der Waals surface area contributed by atoms with Gasteiger partial charge in [0.25, 0.3) is 0 Å². The summed E-state index contributed by atoms with van der Waals surface area (Å²) < 4.78 is 0. The number of aromatic nitrogens is 3. The molecule has 3 heterocycles. The minimum absolute atomic E-state index is 0.0849. The first-order chi connectivity index (χ1) is 11.5. The summed E-state index contributed by atoms with van der Waals surface area (Å²) in [5, 5.41) is 17.4. The summed E-state index contributed by atoms with van der Waals surface area (Å²) in [7, 11) is 2.04. The highest BCUT2D eigenvalue weighted by Gasteiger charge is 2.24. The maximum atomic E-state index is 11.1. The third-order valence-electron chi connectivity index (χ3n) is 4.43. The Kier molecular flexibility index (Phi) is 4.59. The lowest BCUT2D eigenvalue weighted by atomic mass is 10.0. The number of pyridine rings is 1. The van der Waals surface area contributed by atoms with Crippen molar-refractivity contribution in [1.29, 1.82) is 0 Å². The lowest BCUT2D eigenvalue weighted by molar-refractivity contribution is 0.0690. The predicted molar refractivity (Wildman–Crippen MR) is 91.6 cm³/mol. The van der Waals surface area contributed by atoms with Crippen molar-refractivity contribution in [2.45, 2.75) is 25.8 Å². The zero-order valence-electron chi connectivity index (χ0n) is 13.9. The Morgan fingerprint density at radius 2 is 1.96 bits per heavy atom. The van der Waals surface area contributed by atoms with Crippen LogP contribution in [0.2, 0.25) is 0 Å². The molecule has 24 heavy (non-hydrogen) atoms. The van der Waals surface area contributed by atoms with E-state index in [-0.39, 0.29) is 5.69 Å². The summed E-state index contributed by atoms with van der Waals surface area (Å²) in [5.41, 5.74) is 0.994. The van der Waals surface area contributed by atoms with Crippen LogP contribution in [0.15, 0.2) is 30.3 Å². The van der Waals surface area contributed by atoms with E-state index >= 15 is 0 Å². The van der Waals surface area contributed by atoms with Gasteiger partial charge in [0, 0.05) is 26.2 Å². The molecule has 7 nitrogen and oxygen atoms in total. The number of hydrogen-bond acceptors (Lipinski definition) is 6. The molecule has 0 saturated carbocycles. The standard InChI is InChI=1S/C17H21N5O2/c1-12-6-7-16(20-19-12)21(2)13-8-10-22(11-9-13)15-5-3-4-14(18-15)17(23)24/h3-7,13H,8-11H2,1-2H3,(H,23,24). The number of nitrogens with zero attached hydrogens (tertiary/aromatic N) is 5. The van der Waals surface area contributed by atoms with Gasteiger partial charge in [0.1, 0.15) is 5.82 Å². The highest BCUT2D eigenvalue weighted by molar-refractivity contribution is 5.85. The second-order valence-corrected chi connectivity index (χ2v) is 6.05. The van der Waals surface area contributed by atoms with E-state index in [0.717, 1.165) is 43.3 Å². The van der Waals surface area contributed by atoms with Crippen molar-refractivity contribution >= 4 is 17.6 Å². The zero-order chi connectivity index (χ0) is 17.1. The van der Waals surface area contributed by atoms with Crippen LogP contribution in [0.3, 0.4) is 0 Å². The van der Waals surface area contributed by atoms with E-state index in [0.29, 0.717) is 6.04 Å². The smallest absolute Gasteiger partial charge is 0.354 e. The normalized spacial score (nSPS) is 15.3. The molecule has 0 radical (unpaired) electrons. The number of carboxylic acid groups (broad SMARTS) is 1. The first-order valence-electron chi connectivity index (χ1n) is 8.03. The van der Waals surface area contributed by atoms with Gasteiger partial charge >= 0.3 is 5.97 Å². The third-order valence-corrected chi connectivity index (χ3v) is 4.43. The quantitative estimate of drug-likeness (QED) is 0.919. The number of piperidine rings is 1. The van der Waals surface area contributed by atoms with Crippen molar-refractivity contribution in [1.82, 2.24) is 15.2 Å². The van der Waals surface area contributed by atoms with Crippen LogP contribution in [0, 0.1) is 6.92 Å². The molecule has 1 aliphatic rings. The van der Waals surface area contributed by atoms with Crippen molar-refractivity contribution in [2.75, 3.05) is 29.9 Å². The fraction of sp³-hybridized carbons (Fsp3) is 0.412. The van der Waals surface area contributed by atoms with Crippen molar-refractivity contribution in [3.8, 4) is 0 Å². The number of hydrogen-bond donors (Lipinski definition) is 1. The summed E-state index contributed by atoms with van der Waals surface area (Å²) in [5.74, 6) is 0.612. The lowest BCUT2D eigenvalue weighted by Gasteiger charge is -2.37. The van der Waals surface area contributed by atoms with Gasteiger partial charge in [0.15, 0.2) is 11.5 Å². The van der Waals surface area contributed by atoms with E-state index < -0.39 is 5.97 Å². The largest absolute Gasteiger partial charge is 0.477 e. The molecule has 1 saturated heterocycles. The van der Waals surface area contributed by atoms with Crippen LogP contribution in [0.1, 0.15) is 29.0 Å². The second-order valence-electron chi connectivity index (χ2n) is 6.05. The highest BCUT2D eigenvalue weighted by Crippen LogP contribution is 2.23. The maximum absolute atomic E-state index is 11.1. The number of carbonyl (C=O) groups is 1. The number of rotatable bonds is 4. The average molecular weight is 327 g/mol. The summed E-state index contributed by atoms with van der Waals surface area (Å²) >= 11 is 0. The van der Waals surface area contributed by atoms with Gasteiger partial charge in [-0.3, -0.25) is 0 Å². The van der Waals surface area contributed by atoms with E-state index in [1.54, 1.807) is 6.07 Å². The monoisotopic (exact) mass is 327 g/mol. The summed E-state index contributed by atoms with van der Waals surface area (Å²) in [6.07, 6.45) is 1.93. The van der Waals surface area contributed by atoms with E-state index in [1.165, 1.54) is 6.07 Å². The molecule has 1 N–H and O–H groups in total. The molecule has 0 spiro atoms. The lowest BCUT2D eigenvalue weighted by Crippen LogP contribution is -2.44. The van der Waals surface area contributed by atoms with Crippen molar-refractivity contribution in [3.63, 3.8) is 0 Å². The molecule has 1 aliphatic heterocycles. The molecule has 126 valence electrons. The summed E-state index contributed by atoms with van der Waals surface area (Å²) in [6, 6.07) is 9.47.